The van der Waals surface area contributed by atoms with Crippen molar-refractivity contribution in [2.75, 3.05) is 0 Å². The first kappa shape index (κ1) is 12.7. The third-order valence-electron chi connectivity index (χ3n) is 2.02. The standard InChI is InChI=1S/C9H9N5O2S2/c1-14-6-11-8(13-14)5-12-18(15,16)9-3-2-7(4-10)17-9/h2-3,6,12H,5H2,1H3. The van der Waals surface area contributed by atoms with E-state index >= 15 is 0 Å². The monoisotopic (exact) mass is 283 g/mol. The second-order valence-electron chi connectivity index (χ2n) is 3.39. The van der Waals surface area contributed by atoms with Crippen LogP contribution in [-0.2, 0) is 23.6 Å². The van der Waals surface area contributed by atoms with E-state index in [9.17, 15) is 8.42 Å². The predicted molar refractivity (Wildman–Crippen MR) is 64.1 cm³/mol. The van der Waals surface area contributed by atoms with Crippen LogP contribution < -0.4 is 4.72 Å². The van der Waals surface area contributed by atoms with Gasteiger partial charge in [-0.2, -0.15) is 10.4 Å². The highest BCUT2D eigenvalue weighted by Gasteiger charge is 2.17. The molecule has 2 aromatic rings. The van der Waals surface area contributed by atoms with Crippen LogP contribution in [0.15, 0.2) is 22.7 Å². The lowest BCUT2D eigenvalue weighted by atomic mass is 10.5. The Labute approximate surface area is 108 Å². The third kappa shape index (κ3) is 2.73. The Kier molecular flexibility index (Phi) is 3.42. The summed E-state index contributed by atoms with van der Waals surface area (Å²) in [5.74, 6) is 0.387. The maximum atomic E-state index is 11.9. The Morgan fingerprint density at radius 2 is 2.33 bits per heavy atom. The smallest absolute Gasteiger partial charge is 0.250 e. The van der Waals surface area contributed by atoms with Crippen molar-refractivity contribution in [3.8, 4) is 6.07 Å². The number of hydrogen-bond acceptors (Lipinski definition) is 6. The van der Waals surface area contributed by atoms with E-state index in [2.05, 4.69) is 14.8 Å². The van der Waals surface area contributed by atoms with Crippen LogP contribution in [0.2, 0.25) is 0 Å². The molecule has 7 nitrogen and oxygen atoms in total. The molecule has 0 unspecified atom stereocenters. The fourth-order valence-corrected chi connectivity index (χ4v) is 3.35. The number of aromatic nitrogens is 3. The second-order valence-corrected chi connectivity index (χ2v) is 6.47. The van der Waals surface area contributed by atoms with E-state index in [0.29, 0.717) is 10.7 Å². The van der Waals surface area contributed by atoms with Gasteiger partial charge in [0.2, 0.25) is 0 Å². The Bertz CT molecular complexity index is 695. The fraction of sp³-hybridized carbons (Fsp3) is 0.222. The van der Waals surface area contributed by atoms with Crippen molar-refractivity contribution < 1.29 is 8.42 Å². The van der Waals surface area contributed by atoms with Crippen molar-refractivity contribution in [2.45, 2.75) is 10.8 Å². The quantitative estimate of drug-likeness (QED) is 0.865. The first-order valence-electron chi connectivity index (χ1n) is 4.85. The van der Waals surface area contributed by atoms with Crippen LogP contribution in [0.3, 0.4) is 0 Å². The van der Waals surface area contributed by atoms with Crippen LogP contribution >= 0.6 is 11.3 Å². The van der Waals surface area contributed by atoms with Gasteiger partial charge in [0.1, 0.15) is 21.5 Å². The van der Waals surface area contributed by atoms with Gasteiger partial charge in [0.05, 0.1) is 6.54 Å². The molecule has 18 heavy (non-hydrogen) atoms. The molecule has 0 fully saturated rings. The van der Waals surface area contributed by atoms with Gasteiger partial charge in [-0.25, -0.2) is 18.1 Å². The van der Waals surface area contributed by atoms with Gasteiger partial charge in [0.15, 0.2) is 5.82 Å². The Morgan fingerprint density at radius 1 is 1.56 bits per heavy atom. The summed E-state index contributed by atoms with van der Waals surface area (Å²) < 4.78 is 27.7. The number of nitrogens with one attached hydrogen (secondary N) is 1. The number of nitriles is 1. The van der Waals surface area contributed by atoms with E-state index in [1.54, 1.807) is 7.05 Å². The summed E-state index contributed by atoms with van der Waals surface area (Å²) >= 11 is 0.923. The normalized spacial score (nSPS) is 11.3. The third-order valence-corrected chi connectivity index (χ3v) is 4.91. The first-order chi connectivity index (χ1) is 8.51. The van der Waals surface area contributed by atoms with Gasteiger partial charge in [-0.1, -0.05) is 0 Å². The van der Waals surface area contributed by atoms with Crippen LogP contribution in [-0.4, -0.2) is 23.2 Å². The van der Waals surface area contributed by atoms with Gasteiger partial charge >= 0.3 is 0 Å². The molecule has 0 aliphatic carbocycles. The van der Waals surface area contributed by atoms with Gasteiger partial charge < -0.3 is 0 Å². The maximum Gasteiger partial charge on any atom is 0.250 e. The van der Waals surface area contributed by atoms with Crippen molar-refractivity contribution in [1.82, 2.24) is 19.5 Å². The number of thiophene rings is 1. The molecule has 0 aliphatic heterocycles. The zero-order chi connectivity index (χ0) is 13.2. The summed E-state index contributed by atoms with van der Waals surface area (Å²) in [6, 6.07) is 4.77. The molecule has 94 valence electrons. The van der Waals surface area contributed by atoms with Crippen molar-refractivity contribution in [3.63, 3.8) is 0 Å². The average molecular weight is 283 g/mol. The van der Waals surface area contributed by atoms with E-state index in [1.165, 1.54) is 23.1 Å². The molecule has 1 N–H and O–H groups in total. The van der Waals surface area contributed by atoms with E-state index in [4.69, 9.17) is 5.26 Å². The lowest BCUT2D eigenvalue weighted by molar-refractivity contribution is 0.581. The van der Waals surface area contributed by atoms with Crippen LogP contribution in [0.25, 0.3) is 0 Å². The molecule has 0 radical (unpaired) electrons. The van der Waals surface area contributed by atoms with Crippen molar-refractivity contribution in [1.29, 1.82) is 5.26 Å². The molecule has 2 heterocycles. The SMILES string of the molecule is Cn1cnc(CNS(=O)(=O)c2ccc(C#N)s2)n1. The maximum absolute atomic E-state index is 11.9. The van der Waals surface area contributed by atoms with Gasteiger partial charge in [-0.3, -0.25) is 4.68 Å². The Morgan fingerprint density at radius 3 is 2.89 bits per heavy atom. The van der Waals surface area contributed by atoms with Crippen molar-refractivity contribution >= 4 is 21.4 Å². The molecule has 0 atom stereocenters. The number of rotatable bonds is 4. The fourth-order valence-electron chi connectivity index (χ4n) is 1.22. The zero-order valence-electron chi connectivity index (χ0n) is 9.36. The minimum atomic E-state index is -3.61. The zero-order valence-corrected chi connectivity index (χ0v) is 11.0. The van der Waals surface area contributed by atoms with Gasteiger partial charge in [-0.05, 0) is 12.1 Å². The summed E-state index contributed by atoms with van der Waals surface area (Å²) in [7, 11) is -1.91. The average Bonchev–Trinajstić information content (AvgIpc) is 2.95. The molecule has 0 spiro atoms. The summed E-state index contributed by atoms with van der Waals surface area (Å²) in [4.78, 5) is 4.26. The van der Waals surface area contributed by atoms with Crippen LogP contribution in [0, 0.1) is 11.3 Å². The number of sulfonamides is 1. The summed E-state index contributed by atoms with van der Waals surface area (Å²) in [6.07, 6.45) is 1.49. The second kappa shape index (κ2) is 4.85. The summed E-state index contributed by atoms with van der Waals surface area (Å²) in [6.45, 7) is 0.0168. The molecule has 2 aromatic heterocycles. The largest absolute Gasteiger partial charge is 0.256 e. The number of nitrogens with zero attached hydrogens (tertiary/aromatic N) is 4. The van der Waals surface area contributed by atoms with Crippen LogP contribution in [0.5, 0.6) is 0 Å². The van der Waals surface area contributed by atoms with E-state index in [0.717, 1.165) is 11.3 Å². The molecule has 0 aromatic carbocycles. The first-order valence-corrected chi connectivity index (χ1v) is 7.15. The van der Waals surface area contributed by atoms with Crippen molar-refractivity contribution in [2.24, 2.45) is 7.05 Å². The molecule has 0 amide bonds. The summed E-state index contributed by atoms with van der Waals surface area (Å²) in [5, 5.41) is 12.6. The number of hydrogen-bond donors (Lipinski definition) is 1. The lowest BCUT2D eigenvalue weighted by Crippen LogP contribution is -2.23. The van der Waals surface area contributed by atoms with E-state index in [-0.39, 0.29) is 10.8 Å². The molecule has 9 heteroatoms. The Hall–Kier alpha value is -1.76. The minimum absolute atomic E-state index is 0.0168. The topological polar surface area (TPSA) is 101 Å². The molecule has 0 bridgehead atoms. The minimum Gasteiger partial charge on any atom is -0.256 e. The van der Waals surface area contributed by atoms with E-state index in [1.807, 2.05) is 6.07 Å². The predicted octanol–water partition coefficient (Wildman–Crippen LogP) is 0.227. The van der Waals surface area contributed by atoms with Crippen LogP contribution in [0.4, 0.5) is 0 Å². The van der Waals surface area contributed by atoms with Gasteiger partial charge in [0.25, 0.3) is 10.0 Å². The molecule has 0 saturated heterocycles. The molecule has 0 saturated carbocycles. The highest BCUT2D eigenvalue weighted by atomic mass is 32.2. The lowest BCUT2D eigenvalue weighted by Gasteiger charge is -2.01. The van der Waals surface area contributed by atoms with Gasteiger partial charge in [-0.15, -0.1) is 11.3 Å². The number of aryl methyl sites for hydroxylation is 1. The molecular formula is C9H9N5O2S2. The molecule has 2 rings (SSSR count). The molecular weight excluding hydrogens is 274 g/mol. The van der Waals surface area contributed by atoms with Crippen molar-refractivity contribution in [3.05, 3.63) is 29.2 Å². The summed E-state index contributed by atoms with van der Waals surface area (Å²) in [5.41, 5.74) is 0. The highest BCUT2D eigenvalue weighted by Crippen LogP contribution is 2.20. The van der Waals surface area contributed by atoms with E-state index < -0.39 is 10.0 Å². The molecule has 0 aliphatic rings. The Balaban J connectivity index is 2.10. The van der Waals surface area contributed by atoms with Crippen LogP contribution in [0.1, 0.15) is 10.7 Å². The highest BCUT2D eigenvalue weighted by molar-refractivity contribution is 7.91. The van der Waals surface area contributed by atoms with Gasteiger partial charge in [0, 0.05) is 7.05 Å².